The van der Waals surface area contributed by atoms with Crippen molar-refractivity contribution in [2.24, 2.45) is 0 Å². The van der Waals surface area contributed by atoms with Gasteiger partial charge >= 0.3 is 0 Å². The molecule has 28 heavy (non-hydrogen) atoms. The average Bonchev–Trinajstić information content (AvgIpc) is 3.07. The molecule has 0 spiro atoms. The van der Waals surface area contributed by atoms with Gasteiger partial charge in [-0.25, -0.2) is 13.8 Å². The van der Waals surface area contributed by atoms with Crippen LogP contribution in [0.25, 0.3) is 5.69 Å². The number of rotatable bonds is 2. The zero-order chi connectivity index (χ0) is 19.1. The lowest BCUT2D eigenvalue weighted by molar-refractivity contribution is 0.105. The molecule has 2 aliphatic rings. The molecule has 0 atom stereocenters. The SMILES string of the molecule is Fc1cc2c(cc1F)-n1c(nnc1C1CCN(c3ccccn3)CC1)COC2. The molecule has 5 rings (SSSR count). The van der Waals surface area contributed by atoms with Gasteiger partial charge in [0.15, 0.2) is 17.5 Å². The van der Waals surface area contributed by atoms with Crippen molar-refractivity contribution in [1.29, 1.82) is 0 Å². The van der Waals surface area contributed by atoms with E-state index in [0.29, 0.717) is 17.1 Å². The Morgan fingerprint density at radius 2 is 1.82 bits per heavy atom. The molecule has 8 heteroatoms. The van der Waals surface area contributed by atoms with Crippen molar-refractivity contribution in [3.63, 3.8) is 0 Å². The minimum absolute atomic E-state index is 0.181. The highest BCUT2D eigenvalue weighted by molar-refractivity contribution is 5.45. The molecular weight excluding hydrogens is 364 g/mol. The van der Waals surface area contributed by atoms with Crippen LogP contribution >= 0.6 is 0 Å². The summed E-state index contributed by atoms with van der Waals surface area (Å²) in [6.07, 6.45) is 3.56. The lowest BCUT2D eigenvalue weighted by atomic mass is 9.95. The molecule has 2 aliphatic heterocycles. The predicted octanol–water partition coefficient (Wildman–Crippen LogP) is 3.35. The molecule has 6 nitrogen and oxygen atoms in total. The number of aromatic nitrogens is 4. The fourth-order valence-corrected chi connectivity index (χ4v) is 4.01. The van der Waals surface area contributed by atoms with E-state index in [9.17, 15) is 8.78 Å². The zero-order valence-corrected chi connectivity index (χ0v) is 15.2. The Morgan fingerprint density at radius 3 is 2.61 bits per heavy atom. The summed E-state index contributed by atoms with van der Waals surface area (Å²) in [7, 11) is 0. The Kier molecular flexibility index (Phi) is 4.27. The van der Waals surface area contributed by atoms with Gasteiger partial charge < -0.3 is 9.64 Å². The van der Waals surface area contributed by atoms with E-state index >= 15 is 0 Å². The summed E-state index contributed by atoms with van der Waals surface area (Å²) >= 11 is 0. The molecule has 1 aromatic carbocycles. The van der Waals surface area contributed by atoms with Crippen LogP contribution in [0.15, 0.2) is 36.5 Å². The normalized spacial score (nSPS) is 17.1. The van der Waals surface area contributed by atoms with E-state index in [1.807, 2.05) is 22.8 Å². The third-order valence-corrected chi connectivity index (χ3v) is 5.44. The fourth-order valence-electron chi connectivity index (χ4n) is 4.01. The third kappa shape index (κ3) is 2.93. The molecule has 0 bridgehead atoms. The maximum atomic E-state index is 14.0. The van der Waals surface area contributed by atoms with Crippen LogP contribution in [0.5, 0.6) is 0 Å². The van der Waals surface area contributed by atoms with Crippen LogP contribution < -0.4 is 4.90 Å². The van der Waals surface area contributed by atoms with E-state index in [1.54, 1.807) is 6.20 Å². The molecule has 0 aliphatic carbocycles. The van der Waals surface area contributed by atoms with Crippen LogP contribution in [-0.2, 0) is 18.0 Å². The summed E-state index contributed by atoms with van der Waals surface area (Å²) < 4.78 is 35.1. The maximum Gasteiger partial charge on any atom is 0.163 e. The second kappa shape index (κ2) is 6.94. The van der Waals surface area contributed by atoms with Crippen molar-refractivity contribution >= 4 is 5.82 Å². The smallest absolute Gasteiger partial charge is 0.163 e. The first-order valence-electron chi connectivity index (χ1n) is 9.37. The molecule has 4 heterocycles. The highest BCUT2D eigenvalue weighted by Crippen LogP contribution is 2.33. The molecule has 0 radical (unpaired) electrons. The van der Waals surface area contributed by atoms with E-state index in [-0.39, 0.29) is 19.1 Å². The van der Waals surface area contributed by atoms with E-state index in [4.69, 9.17) is 4.74 Å². The van der Waals surface area contributed by atoms with Crippen LogP contribution in [-0.4, -0.2) is 32.8 Å². The molecule has 2 aromatic heterocycles. The molecule has 1 saturated heterocycles. The highest BCUT2D eigenvalue weighted by atomic mass is 19.2. The van der Waals surface area contributed by atoms with Crippen molar-refractivity contribution in [2.75, 3.05) is 18.0 Å². The van der Waals surface area contributed by atoms with Gasteiger partial charge in [-0.3, -0.25) is 4.57 Å². The molecule has 144 valence electrons. The van der Waals surface area contributed by atoms with Gasteiger partial charge in [0.1, 0.15) is 18.2 Å². The van der Waals surface area contributed by atoms with Crippen LogP contribution in [0.2, 0.25) is 0 Å². The van der Waals surface area contributed by atoms with Gasteiger partial charge in [0.25, 0.3) is 0 Å². The standard InChI is InChI=1S/C20H19F2N5O/c21-15-9-14-11-28-12-19-24-25-20(27(19)17(14)10-16(15)22)13-4-7-26(8-5-13)18-3-1-2-6-23-18/h1-3,6,9-10,13H,4-5,7-8,11-12H2. The quantitative estimate of drug-likeness (QED) is 0.679. The summed E-state index contributed by atoms with van der Waals surface area (Å²) in [5.41, 5.74) is 1.17. The average molecular weight is 383 g/mol. The summed E-state index contributed by atoms with van der Waals surface area (Å²) in [6.45, 7) is 2.18. The third-order valence-electron chi connectivity index (χ3n) is 5.44. The minimum Gasteiger partial charge on any atom is -0.369 e. The Hall–Kier alpha value is -2.87. The number of hydrogen-bond donors (Lipinski definition) is 0. The number of anilines is 1. The molecular formula is C20H19F2N5O. The number of halogens is 2. The van der Waals surface area contributed by atoms with E-state index < -0.39 is 11.6 Å². The minimum atomic E-state index is -0.878. The van der Waals surface area contributed by atoms with Crippen molar-refractivity contribution < 1.29 is 13.5 Å². The second-order valence-corrected chi connectivity index (χ2v) is 7.15. The largest absolute Gasteiger partial charge is 0.369 e. The summed E-state index contributed by atoms with van der Waals surface area (Å²) in [6, 6.07) is 8.32. The Balaban J connectivity index is 1.46. The number of piperidine rings is 1. The number of hydrogen-bond acceptors (Lipinski definition) is 5. The van der Waals surface area contributed by atoms with E-state index in [1.165, 1.54) is 12.1 Å². The first kappa shape index (κ1) is 17.2. The molecule has 1 fully saturated rings. The monoisotopic (exact) mass is 383 g/mol. The second-order valence-electron chi connectivity index (χ2n) is 7.15. The summed E-state index contributed by atoms with van der Waals surface area (Å²) in [5, 5.41) is 8.66. The van der Waals surface area contributed by atoms with Crippen LogP contribution in [0.4, 0.5) is 14.6 Å². The Bertz CT molecular complexity index is 999. The van der Waals surface area contributed by atoms with Gasteiger partial charge in [0.2, 0.25) is 0 Å². The van der Waals surface area contributed by atoms with Crippen molar-refractivity contribution in [2.45, 2.75) is 32.0 Å². The van der Waals surface area contributed by atoms with Gasteiger partial charge in [-0.2, -0.15) is 0 Å². The number of ether oxygens (including phenoxy) is 1. The Labute approximate surface area is 160 Å². The molecule has 3 aromatic rings. The van der Waals surface area contributed by atoms with Crippen LogP contribution in [0.3, 0.4) is 0 Å². The number of fused-ring (bicyclic) bond motifs is 3. The molecule has 0 N–H and O–H groups in total. The summed E-state index contributed by atoms with van der Waals surface area (Å²) in [4.78, 5) is 6.67. The van der Waals surface area contributed by atoms with Gasteiger partial charge in [-0.15, -0.1) is 10.2 Å². The van der Waals surface area contributed by atoms with Crippen molar-refractivity contribution in [3.8, 4) is 5.69 Å². The van der Waals surface area contributed by atoms with E-state index in [2.05, 4.69) is 20.1 Å². The molecule has 0 unspecified atom stereocenters. The Morgan fingerprint density at radius 1 is 1.00 bits per heavy atom. The first-order valence-corrected chi connectivity index (χ1v) is 9.37. The van der Waals surface area contributed by atoms with Crippen LogP contribution in [0, 0.1) is 11.6 Å². The maximum absolute atomic E-state index is 14.0. The van der Waals surface area contributed by atoms with Gasteiger partial charge in [0.05, 0.1) is 12.3 Å². The molecule has 0 amide bonds. The van der Waals surface area contributed by atoms with Crippen molar-refractivity contribution in [3.05, 3.63) is 65.4 Å². The number of nitrogens with zero attached hydrogens (tertiary/aromatic N) is 5. The number of pyridine rings is 1. The zero-order valence-electron chi connectivity index (χ0n) is 15.2. The van der Waals surface area contributed by atoms with Gasteiger partial charge in [0, 0.05) is 36.8 Å². The fraction of sp³-hybridized carbons (Fsp3) is 0.350. The predicted molar refractivity (Wildman–Crippen MR) is 98.2 cm³/mol. The summed E-state index contributed by atoms with van der Waals surface area (Å²) in [5.74, 6) is 0.804. The highest BCUT2D eigenvalue weighted by Gasteiger charge is 2.29. The van der Waals surface area contributed by atoms with Gasteiger partial charge in [-0.1, -0.05) is 6.07 Å². The topological polar surface area (TPSA) is 56.1 Å². The molecule has 0 saturated carbocycles. The number of benzene rings is 1. The lowest BCUT2D eigenvalue weighted by Gasteiger charge is -2.32. The lowest BCUT2D eigenvalue weighted by Crippen LogP contribution is -2.34. The first-order chi connectivity index (χ1) is 13.7. The van der Waals surface area contributed by atoms with E-state index in [0.717, 1.165) is 37.6 Å². The van der Waals surface area contributed by atoms with Crippen molar-refractivity contribution in [1.82, 2.24) is 19.7 Å². The van der Waals surface area contributed by atoms with Gasteiger partial charge in [-0.05, 0) is 31.0 Å². The van der Waals surface area contributed by atoms with Crippen LogP contribution in [0.1, 0.15) is 36.0 Å².